The van der Waals surface area contributed by atoms with Crippen LogP contribution in [0.2, 0.25) is 0 Å². The van der Waals surface area contributed by atoms with Gasteiger partial charge in [-0.15, -0.1) is 0 Å². The highest BCUT2D eigenvalue weighted by Crippen LogP contribution is 2.37. The molecular formula is C37H22N6O. The Morgan fingerprint density at radius 2 is 1.09 bits per heavy atom. The molecule has 0 N–H and O–H groups in total. The molecule has 0 unspecified atom stereocenters. The second kappa shape index (κ2) is 9.68. The van der Waals surface area contributed by atoms with Crippen LogP contribution in [0.5, 0.6) is 0 Å². The van der Waals surface area contributed by atoms with Crippen molar-refractivity contribution in [2.24, 2.45) is 0 Å². The van der Waals surface area contributed by atoms with Crippen molar-refractivity contribution < 1.29 is 4.42 Å². The van der Waals surface area contributed by atoms with Crippen molar-refractivity contribution in [3.63, 3.8) is 0 Å². The van der Waals surface area contributed by atoms with Gasteiger partial charge >= 0.3 is 0 Å². The molecular weight excluding hydrogens is 544 g/mol. The molecule has 7 nitrogen and oxygen atoms in total. The molecule has 0 atom stereocenters. The highest BCUT2D eigenvalue weighted by molar-refractivity contribution is 6.21. The van der Waals surface area contributed by atoms with E-state index in [1.54, 1.807) is 12.5 Å². The Labute approximate surface area is 251 Å². The van der Waals surface area contributed by atoms with Gasteiger partial charge in [0.25, 0.3) is 0 Å². The fourth-order valence-corrected chi connectivity index (χ4v) is 5.99. The Balaban J connectivity index is 1.34. The maximum Gasteiger partial charge on any atom is 0.236 e. The first-order valence-electron chi connectivity index (χ1n) is 14.3. The average Bonchev–Trinajstić information content (AvgIpc) is 3.71. The molecule has 0 radical (unpaired) electrons. The topological polar surface area (TPSA) is 82.5 Å². The SMILES string of the molecule is c1ccc(-c2nc(-c3ccccc3)nc(-c3nc(-n4c5ccccc5c5c6ccccc6ccc54)nc4cocc34)n2)cc1. The molecule has 206 valence electrons. The summed E-state index contributed by atoms with van der Waals surface area (Å²) in [5, 5.41) is 5.39. The number of para-hydroxylation sites is 1. The molecule has 5 aromatic carbocycles. The number of rotatable bonds is 4. The van der Waals surface area contributed by atoms with Crippen LogP contribution in [0.25, 0.3) is 83.7 Å². The van der Waals surface area contributed by atoms with Crippen LogP contribution in [0.1, 0.15) is 0 Å². The van der Waals surface area contributed by atoms with Gasteiger partial charge in [-0.2, -0.15) is 0 Å². The minimum Gasteiger partial charge on any atom is -0.470 e. The molecule has 0 spiro atoms. The number of nitrogens with zero attached hydrogens (tertiary/aromatic N) is 6. The minimum absolute atomic E-state index is 0.443. The fourth-order valence-electron chi connectivity index (χ4n) is 5.99. The summed E-state index contributed by atoms with van der Waals surface area (Å²) in [6, 6.07) is 41.0. The van der Waals surface area contributed by atoms with Crippen molar-refractivity contribution in [2.45, 2.75) is 0 Å². The lowest BCUT2D eigenvalue weighted by Gasteiger charge is -2.11. The van der Waals surface area contributed by atoms with Gasteiger partial charge in [-0.3, -0.25) is 4.57 Å². The quantitative estimate of drug-likeness (QED) is 0.212. The number of hydrogen-bond donors (Lipinski definition) is 0. The zero-order valence-corrected chi connectivity index (χ0v) is 23.3. The predicted octanol–water partition coefficient (Wildman–Crippen LogP) is 8.66. The molecule has 44 heavy (non-hydrogen) atoms. The Morgan fingerprint density at radius 3 is 1.84 bits per heavy atom. The molecule has 0 aliphatic rings. The molecule has 4 aromatic heterocycles. The maximum atomic E-state index is 5.68. The van der Waals surface area contributed by atoms with Crippen molar-refractivity contribution in [1.29, 1.82) is 0 Å². The van der Waals surface area contributed by atoms with Crippen molar-refractivity contribution in [2.75, 3.05) is 0 Å². The van der Waals surface area contributed by atoms with Gasteiger partial charge in [0.1, 0.15) is 23.7 Å². The van der Waals surface area contributed by atoms with E-state index in [0.29, 0.717) is 34.6 Å². The van der Waals surface area contributed by atoms with Crippen LogP contribution in [0, 0.1) is 0 Å². The Hall–Kier alpha value is -6.21. The third-order valence-electron chi connectivity index (χ3n) is 8.00. The van der Waals surface area contributed by atoms with E-state index in [9.17, 15) is 0 Å². The molecule has 0 bridgehead atoms. The fraction of sp³-hybridized carbons (Fsp3) is 0. The van der Waals surface area contributed by atoms with Gasteiger partial charge in [0.05, 0.1) is 16.4 Å². The first kappa shape index (κ1) is 24.4. The Morgan fingerprint density at radius 1 is 0.455 bits per heavy atom. The van der Waals surface area contributed by atoms with Crippen LogP contribution in [0.15, 0.2) is 138 Å². The lowest BCUT2D eigenvalue weighted by Crippen LogP contribution is -2.06. The van der Waals surface area contributed by atoms with Gasteiger partial charge in [0.15, 0.2) is 17.5 Å². The van der Waals surface area contributed by atoms with Crippen LogP contribution >= 0.6 is 0 Å². The Kier molecular flexibility index (Phi) is 5.36. The zero-order chi connectivity index (χ0) is 29.0. The van der Waals surface area contributed by atoms with E-state index in [0.717, 1.165) is 38.3 Å². The maximum absolute atomic E-state index is 5.68. The standard InChI is InChI=1S/C37H22N6O/c1-3-12-24(13-4-1)34-40-35(25-14-5-2-6-15-25)42-36(41-34)33-28-21-44-22-29(28)38-37(39-33)43-30-18-10-9-17-27(30)32-26-16-8-7-11-23(26)19-20-31(32)43/h1-22H. The summed E-state index contributed by atoms with van der Waals surface area (Å²) in [5.41, 5.74) is 5.05. The zero-order valence-electron chi connectivity index (χ0n) is 23.3. The van der Waals surface area contributed by atoms with Gasteiger partial charge in [0.2, 0.25) is 5.95 Å². The largest absolute Gasteiger partial charge is 0.470 e. The third kappa shape index (κ3) is 3.80. The summed E-state index contributed by atoms with van der Waals surface area (Å²) in [4.78, 5) is 24.9. The summed E-state index contributed by atoms with van der Waals surface area (Å²) < 4.78 is 7.79. The minimum atomic E-state index is 0.443. The highest BCUT2D eigenvalue weighted by atomic mass is 16.3. The Bertz CT molecular complexity index is 2440. The van der Waals surface area contributed by atoms with Gasteiger partial charge in [-0.25, -0.2) is 24.9 Å². The molecule has 0 saturated heterocycles. The molecule has 0 amide bonds. The van der Waals surface area contributed by atoms with Gasteiger partial charge in [-0.05, 0) is 22.9 Å². The van der Waals surface area contributed by atoms with Crippen LogP contribution in [0.3, 0.4) is 0 Å². The lowest BCUT2D eigenvalue weighted by atomic mass is 10.0. The van der Waals surface area contributed by atoms with Gasteiger partial charge < -0.3 is 4.42 Å². The monoisotopic (exact) mass is 566 g/mol. The molecule has 7 heteroatoms. The van der Waals surface area contributed by atoms with Gasteiger partial charge in [-0.1, -0.05) is 109 Å². The highest BCUT2D eigenvalue weighted by Gasteiger charge is 2.21. The summed E-state index contributed by atoms with van der Waals surface area (Å²) >= 11 is 0. The summed E-state index contributed by atoms with van der Waals surface area (Å²) in [7, 11) is 0. The van der Waals surface area contributed by atoms with E-state index in [1.807, 2.05) is 66.7 Å². The van der Waals surface area contributed by atoms with Crippen molar-refractivity contribution in [3.05, 3.63) is 134 Å². The smallest absolute Gasteiger partial charge is 0.236 e. The van der Waals surface area contributed by atoms with Crippen molar-refractivity contribution in [1.82, 2.24) is 29.5 Å². The number of hydrogen-bond acceptors (Lipinski definition) is 6. The normalized spacial score (nSPS) is 11.6. The molecule has 0 saturated carbocycles. The number of aromatic nitrogens is 6. The van der Waals surface area contributed by atoms with E-state index in [4.69, 9.17) is 29.3 Å². The summed E-state index contributed by atoms with van der Waals surface area (Å²) in [5.74, 6) is 2.08. The van der Waals surface area contributed by atoms with Crippen LogP contribution < -0.4 is 0 Å². The molecule has 9 aromatic rings. The van der Waals surface area contributed by atoms with Crippen molar-refractivity contribution in [3.8, 4) is 40.2 Å². The molecule has 9 rings (SSSR count). The van der Waals surface area contributed by atoms with Crippen LogP contribution in [-0.4, -0.2) is 29.5 Å². The lowest BCUT2D eigenvalue weighted by molar-refractivity contribution is 0.572. The van der Waals surface area contributed by atoms with Gasteiger partial charge in [0, 0.05) is 21.9 Å². The van der Waals surface area contributed by atoms with Crippen molar-refractivity contribution >= 4 is 43.5 Å². The third-order valence-corrected chi connectivity index (χ3v) is 8.00. The molecule has 0 aliphatic carbocycles. The average molecular weight is 567 g/mol. The number of furan rings is 1. The van der Waals surface area contributed by atoms with E-state index < -0.39 is 0 Å². The van der Waals surface area contributed by atoms with Crippen LogP contribution in [-0.2, 0) is 0 Å². The molecule has 0 fully saturated rings. The first-order chi connectivity index (χ1) is 21.8. The second-order valence-electron chi connectivity index (χ2n) is 10.6. The van der Waals surface area contributed by atoms with E-state index in [-0.39, 0.29) is 0 Å². The first-order valence-corrected chi connectivity index (χ1v) is 14.3. The molecule has 4 heterocycles. The van der Waals surface area contributed by atoms with E-state index >= 15 is 0 Å². The van der Waals surface area contributed by atoms with E-state index in [1.165, 1.54) is 10.8 Å². The van der Waals surface area contributed by atoms with Crippen LogP contribution in [0.4, 0.5) is 0 Å². The summed E-state index contributed by atoms with van der Waals surface area (Å²) in [6.45, 7) is 0. The summed E-state index contributed by atoms with van der Waals surface area (Å²) in [6.07, 6.45) is 3.30. The van der Waals surface area contributed by atoms with E-state index in [2.05, 4.69) is 59.2 Å². The number of fused-ring (bicyclic) bond motifs is 6. The predicted molar refractivity (Wildman–Crippen MR) is 173 cm³/mol. The molecule has 0 aliphatic heterocycles. The second-order valence-corrected chi connectivity index (χ2v) is 10.6. The number of benzene rings is 5.